The van der Waals surface area contributed by atoms with Crippen LogP contribution in [0.1, 0.15) is 44.6 Å². The predicted octanol–water partition coefficient (Wildman–Crippen LogP) is 3.24. The Morgan fingerprint density at radius 1 is 1.22 bits per heavy atom. The van der Waals surface area contributed by atoms with Crippen LogP contribution >= 0.6 is 0 Å². The lowest BCUT2D eigenvalue weighted by molar-refractivity contribution is 0.0599. The second-order valence-electron chi connectivity index (χ2n) is 5.33. The van der Waals surface area contributed by atoms with Crippen molar-refractivity contribution in [1.82, 2.24) is 4.98 Å². The van der Waals surface area contributed by atoms with E-state index in [4.69, 9.17) is 9.47 Å². The zero-order valence-electron chi connectivity index (χ0n) is 13.9. The molecule has 0 spiro atoms. The molecule has 122 valence electrons. The SMILES string of the molecule is CCc1cccc(OCC(=O)c2[nH]c(C)c(C(=O)OC)c2C)c1. The zero-order valence-corrected chi connectivity index (χ0v) is 13.9. The van der Waals surface area contributed by atoms with Crippen molar-refractivity contribution in [2.45, 2.75) is 27.2 Å². The molecule has 2 rings (SSSR count). The van der Waals surface area contributed by atoms with Gasteiger partial charge in [0.05, 0.1) is 18.4 Å². The van der Waals surface area contributed by atoms with Gasteiger partial charge >= 0.3 is 5.97 Å². The van der Waals surface area contributed by atoms with E-state index in [1.54, 1.807) is 13.8 Å². The summed E-state index contributed by atoms with van der Waals surface area (Å²) in [4.78, 5) is 27.1. The fourth-order valence-corrected chi connectivity index (χ4v) is 2.51. The van der Waals surface area contributed by atoms with E-state index in [-0.39, 0.29) is 12.4 Å². The van der Waals surface area contributed by atoms with Gasteiger partial charge in [0, 0.05) is 5.69 Å². The summed E-state index contributed by atoms with van der Waals surface area (Å²) in [6.45, 7) is 5.43. The summed E-state index contributed by atoms with van der Waals surface area (Å²) >= 11 is 0. The van der Waals surface area contributed by atoms with E-state index >= 15 is 0 Å². The van der Waals surface area contributed by atoms with Gasteiger partial charge in [0.1, 0.15) is 5.75 Å². The highest BCUT2D eigenvalue weighted by atomic mass is 16.5. The molecule has 1 aromatic carbocycles. The Kier molecular flexibility index (Phi) is 5.21. The van der Waals surface area contributed by atoms with Gasteiger partial charge in [-0.05, 0) is 43.5 Å². The Balaban J connectivity index is 2.13. The number of methoxy groups -OCH3 is 1. The molecule has 0 amide bonds. The van der Waals surface area contributed by atoms with E-state index in [0.29, 0.717) is 28.3 Å². The lowest BCUT2D eigenvalue weighted by Crippen LogP contribution is -2.13. The maximum absolute atomic E-state index is 12.4. The van der Waals surface area contributed by atoms with Gasteiger partial charge in [-0.1, -0.05) is 19.1 Å². The highest BCUT2D eigenvalue weighted by Crippen LogP contribution is 2.20. The lowest BCUT2D eigenvalue weighted by Gasteiger charge is -2.07. The molecule has 0 aliphatic rings. The van der Waals surface area contributed by atoms with E-state index in [0.717, 1.165) is 12.0 Å². The van der Waals surface area contributed by atoms with Crippen LogP contribution < -0.4 is 4.74 Å². The van der Waals surface area contributed by atoms with E-state index in [1.165, 1.54) is 7.11 Å². The molecule has 5 nitrogen and oxygen atoms in total. The van der Waals surface area contributed by atoms with Crippen molar-refractivity contribution in [2.24, 2.45) is 0 Å². The standard InChI is InChI=1S/C18H21NO4/c1-5-13-7-6-8-14(9-13)23-10-15(20)17-11(2)16(12(3)19-17)18(21)22-4/h6-9,19H,5,10H2,1-4H3. The van der Waals surface area contributed by atoms with Gasteiger partial charge in [0.15, 0.2) is 6.61 Å². The molecule has 1 N–H and O–H groups in total. The van der Waals surface area contributed by atoms with E-state index in [2.05, 4.69) is 11.9 Å². The van der Waals surface area contributed by atoms with Crippen LogP contribution in [-0.2, 0) is 11.2 Å². The fourth-order valence-electron chi connectivity index (χ4n) is 2.51. The van der Waals surface area contributed by atoms with Crippen LogP contribution in [0.5, 0.6) is 5.75 Å². The number of aromatic nitrogens is 1. The normalized spacial score (nSPS) is 10.4. The summed E-state index contributed by atoms with van der Waals surface area (Å²) in [5, 5.41) is 0. The quantitative estimate of drug-likeness (QED) is 0.656. The molecule has 0 saturated carbocycles. The molecule has 1 heterocycles. The van der Waals surface area contributed by atoms with Gasteiger partial charge < -0.3 is 14.5 Å². The van der Waals surface area contributed by atoms with Gasteiger partial charge in [-0.25, -0.2) is 4.79 Å². The first-order valence-electron chi connectivity index (χ1n) is 7.50. The van der Waals surface area contributed by atoms with Crippen LogP contribution in [-0.4, -0.2) is 30.5 Å². The van der Waals surface area contributed by atoms with E-state index < -0.39 is 5.97 Å². The molecule has 0 aliphatic heterocycles. The van der Waals surface area contributed by atoms with E-state index in [1.807, 2.05) is 24.3 Å². The first-order chi connectivity index (χ1) is 11.0. The minimum Gasteiger partial charge on any atom is -0.485 e. The maximum atomic E-state index is 12.4. The third-order valence-electron chi connectivity index (χ3n) is 3.78. The number of aromatic amines is 1. The predicted molar refractivity (Wildman–Crippen MR) is 87.3 cm³/mol. The monoisotopic (exact) mass is 315 g/mol. The van der Waals surface area contributed by atoms with Gasteiger partial charge in [-0.15, -0.1) is 0 Å². The highest BCUT2D eigenvalue weighted by molar-refractivity contribution is 6.02. The molecule has 1 aromatic heterocycles. The first kappa shape index (κ1) is 16.8. The third kappa shape index (κ3) is 3.62. The lowest BCUT2D eigenvalue weighted by atomic mass is 10.1. The highest BCUT2D eigenvalue weighted by Gasteiger charge is 2.22. The second-order valence-corrected chi connectivity index (χ2v) is 5.33. The maximum Gasteiger partial charge on any atom is 0.339 e. The number of ketones is 1. The fraction of sp³-hybridized carbons (Fsp3) is 0.333. The van der Waals surface area contributed by atoms with E-state index in [9.17, 15) is 9.59 Å². The molecule has 0 unspecified atom stereocenters. The van der Waals surface area contributed by atoms with Crippen LogP contribution in [0.25, 0.3) is 0 Å². The minimum atomic E-state index is -0.452. The molecule has 0 fully saturated rings. The Bertz CT molecular complexity index is 731. The molecule has 0 atom stereocenters. The number of Topliss-reactive ketones (excluding diaryl/α,β-unsaturated/α-hetero) is 1. The number of carbonyl (C=O) groups excluding carboxylic acids is 2. The average molecular weight is 315 g/mol. The van der Waals surface area contributed by atoms with Crippen LogP contribution in [0, 0.1) is 13.8 Å². The number of nitrogens with one attached hydrogen (secondary N) is 1. The smallest absolute Gasteiger partial charge is 0.339 e. The number of esters is 1. The van der Waals surface area contributed by atoms with Crippen LogP contribution in [0.2, 0.25) is 0 Å². The van der Waals surface area contributed by atoms with Crippen LogP contribution in [0.4, 0.5) is 0 Å². The summed E-state index contributed by atoms with van der Waals surface area (Å²) in [6.07, 6.45) is 0.905. The van der Waals surface area contributed by atoms with Crippen LogP contribution in [0.15, 0.2) is 24.3 Å². The van der Waals surface area contributed by atoms with Crippen molar-refractivity contribution in [1.29, 1.82) is 0 Å². The number of aryl methyl sites for hydroxylation is 2. The largest absolute Gasteiger partial charge is 0.485 e. The summed E-state index contributed by atoms with van der Waals surface area (Å²) in [5.74, 6) is 0.00124. The molecular formula is C18H21NO4. The Labute approximate surface area is 135 Å². The number of benzene rings is 1. The Morgan fingerprint density at radius 3 is 2.61 bits per heavy atom. The first-order valence-corrected chi connectivity index (χ1v) is 7.50. The number of rotatable bonds is 6. The minimum absolute atomic E-state index is 0.0887. The Hall–Kier alpha value is -2.56. The molecule has 23 heavy (non-hydrogen) atoms. The van der Waals surface area contributed by atoms with Crippen molar-refractivity contribution in [3.63, 3.8) is 0 Å². The average Bonchev–Trinajstić information content (AvgIpc) is 2.86. The van der Waals surface area contributed by atoms with Gasteiger partial charge in [0.25, 0.3) is 0 Å². The summed E-state index contributed by atoms with van der Waals surface area (Å²) in [5.41, 5.74) is 3.14. The van der Waals surface area contributed by atoms with Crippen molar-refractivity contribution in [2.75, 3.05) is 13.7 Å². The molecular weight excluding hydrogens is 294 g/mol. The van der Waals surface area contributed by atoms with Crippen molar-refractivity contribution >= 4 is 11.8 Å². The number of carbonyl (C=O) groups is 2. The van der Waals surface area contributed by atoms with Crippen molar-refractivity contribution in [3.05, 3.63) is 52.3 Å². The van der Waals surface area contributed by atoms with Gasteiger partial charge in [-0.3, -0.25) is 4.79 Å². The number of ether oxygens (including phenoxy) is 2. The van der Waals surface area contributed by atoms with Gasteiger partial charge in [0.2, 0.25) is 5.78 Å². The number of hydrogen-bond donors (Lipinski definition) is 1. The number of H-pyrrole nitrogens is 1. The molecule has 5 heteroatoms. The summed E-state index contributed by atoms with van der Waals surface area (Å²) in [6, 6.07) is 7.65. The number of hydrogen-bond acceptors (Lipinski definition) is 4. The molecule has 0 bridgehead atoms. The molecule has 0 aliphatic carbocycles. The van der Waals surface area contributed by atoms with Crippen molar-refractivity contribution in [3.8, 4) is 5.75 Å². The third-order valence-corrected chi connectivity index (χ3v) is 3.78. The summed E-state index contributed by atoms with van der Waals surface area (Å²) in [7, 11) is 1.32. The van der Waals surface area contributed by atoms with Gasteiger partial charge in [-0.2, -0.15) is 0 Å². The van der Waals surface area contributed by atoms with Crippen molar-refractivity contribution < 1.29 is 19.1 Å². The van der Waals surface area contributed by atoms with Crippen LogP contribution in [0.3, 0.4) is 0 Å². The molecule has 0 saturated heterocycles. The molecule has 2 aromatic rings. The zero-order chi connectivity index (χ0) is 17.0. The second kappa shape index (κ2) is 7.13. The topological polar surface area (TPSA) is 68.4 Å². The summed E-state index contributed by atoms with van der Waals surface area (Å²) < 4.78 is 10.3. The molecule has 0 radical (unpaired) electrons. The Morgan fingerprint density at radius 2 is 1.96 bits per heavy atom.